The van der Waals surface area contributed by atoms with Gasteiger partial charge in [0.05, 0.1) is 24.3 Å². The van der Waals surface area contributed by atoms with E-state index in [1.807, 2.05) is 29.5 Å². The largest absolute Gasteiger partial charge is 0.371 e. The minimum atomic E-state index is -0.163. The molecule has 0 saturated carbocycles. The van der Waals surface area contributed by atoms with Crippen LogP contribution in [0.15, 0.2) is 22.2 Å². The molecule has 2 aromatic rings. The van der Waals surface area contributed by atoms with E-state index in [0.29, 0.717) is 12.4 Å². The summed E-state index contributed by atoms with van der Waals surface area (Å²) in [5.74, 6) is 0.727. The minimum Gasteiger partial charge on any atom is -0.371 e. The van der Waals surface area contributed by atoms with Gasteiger partial charge in [-0.05, 0) is 19.8 Å². The molecule has 1 amide bonds. The van der Waals surface area contributed by atoms with Gasteiger partial charge in [0, 0.05) is 43.8 Å². The van der Waals surface area contributed by atoms with E-state index in [2.05, 4.69) is 15.0 Å². The van der Waals surface area contributed by atoms with E-state index in [0.717, 1.165) is 49.8 Å². The summed E-state index contributed by atoms with van der Waals surface area (Å²) in [6.45, 7) is 5.74. The fourth-order valence-corrected chi connectivity index (χ4v) is 4.28. The molecule has 4 heterocycles. The maximum atomic E-state index is 12.5. The van der Waals surface area contributed by atoms with Gasteiger partial charge in [-0.2, -0.15) is 0 Å². The van der Waals surface area contributed by atoms with E-state index in [4.69, 9.17) is 9.26 Å². The number of rotatable bonds is 3. The highest BCUT2D eigenvalue weighted by molar-refractivity contribution is 7.13. The number of aromatic nitrogens is 2. The number of thiazole rings is 1. The fourth-order valence-electron chi connectivity index (χ4n) is 3.61. The van der Waals surface area contributed by atoms with E-state index in [1.54, 1.807) is 11.3 Å². The number of amides is 1. The van der Waals surface area contributed by atoms with Crippen LogP contribution in [0.2, 0.25) is 0 Å². The summed E-state index contributed by atoms with van der Waals surface area (Å²) in [7, 11) is 0. The second-order valence-corrected chi connectivity index (χ2v) is 7.63. The summed E-state index contributed by atoms with van der Waals surface area (Å²) in [5.41, 5.74) is 0.641. The number of hydrogen-bond acceptors (Lipinski definition) is 7. The van der Waals surface area contributed by atoms with Crippen LogP contribution >= 0.6 is 11.3 Å². The molecule has 1 spiro atoms. The number of carbonyl (C=O) groups excluding carboxylic acids is 1. The lowest BCUT2D eigenvalue weighted by atomic mass is 9.89. The first-order chi connectivity index (χ1) is 12.1. The molecule has 2 fully saturated rings. The molecule has 2 saturated heterocycles. The van der Waals surface area contributed by atoms with Crippen molar-refractivity contribution in [3.8, 4) is 0 Å². The van der Waals surface area contributed by atoms with Gasteiger partial charge in [-0.15, -0.1) is 11.3 Å². The maximum absolute atomic E-state index is 12.5. The van der Waals surface area contributed by atoms with Crippen LogP contribution in [0.1, 0.15) is 24.3 Å². The van der Waals surface area contributed by atoms with Crippen LogP contribution in [0.4, 0.5) is 5.13 Å². The van der Waals surface area contributed by atoms with Crippen molar-refractivity contribution in [3.05, 3.63) is 29.1 Å². The van der Waals surface area contributed by atoms with Crippen molar-refractivity contribution >= 4 is 22.4 Å². The number of ether oxygens (including phenoxy) is 1. The number of nitrogens with zero attached hydrogens (tertiary/aromatic N) is 4. The van der Waals surface area contributed by atoms with Crippen molar-refractivity contribution in [2.24, 2.45) is 0 Å². The fraction of sp³-hybridized carbons (Fsp3) is 0.588. The molecule has 2 aliphatic rings. The molecule has 0 atom stereocenters. The third-order valence-corrected chi connectivity index (χ3v) is 5.80. The lowest BCUT2D eigenvalue weighted by Crippen LogP contribution is -2.57. The number of morpholine rings is 1. The molecule has 0 aliphatic carbocycles. The zero-order valence-corrected chi connectivity index (χ0v) is 15.1. The maximum Gasteiger partial charge on any atom is 0.230 e. The predicted molar refractivity (Wildman–Crippen MR) is 93.8 cm³/mol. The minimum absolute atomic E-state index is 0.0959. The van der Waals surface area contributed by atoms with E-state index >= 15 is 0 Å². The van der Waals surface area contributed by atoms with Crippen molar-refractivity contribution in [2.45, 2.75) is 31.8 Å². The topological polar surface area (TPSA) is 71.7 Å². The average Bonchev–Trinajstić information content (AvgIpc) is 3.27. The Kier molecular flexibility index (Phi) is 4.47. The molecular formula is C17H22N4O3S. The first kappa shape index (κ1) is 16.5. The summed E-state index contributed by atoms with van der Waals surface area (Å²) < 4.78 is 11.3. The number of anilines is 1. The van der Waals surface area contributed by atoms with Crippen LogP contribution in [0, 0.1) is 6.92 Å². The van der Waals surface area contributed by atoms with Crippen molar-refractivity contribution in [1.82, 2.24) is 15.0 Å². The highest BCUT2D eigenvalue weighted by atomic mass is 32.1. The Morgan fingerprint density at radius 2 is 2.20 bits per heavy atom. The standard InChI is InChI=1S/C17H22N4O3S/c1-13-10-14(24-19-13)11-15(22)20-5-2-17(3-6-20)12-21(7-8-23-17)16-18-4-9-25-16/h4,9-10H,2-3,5-8,11-12H2,1H3. The van der Waals surface area contributed by atoms with Gasteiger partial charge in [0.2, 0.25) is 5.91 Å². The van der Waals surface area contributed by atoms with Gasteiger partial charge in [0.25, 0.3) is 0 Å². The third-order valence-electron chi connectivity index (χ3n) is 4.97. The summed E-state index contributed by atoms with van der Waals surface area (Å²) in [6.07, 6.45) is 3.83. The Morgan fingerprint density at radius 1 is 1.36 bits per heavy atom. The van der Waals surface area contributed by atoms with Crippen LogP contribution in [0.25, 0.3) is 0 Å². The zero-order chi connectivity index (χ0) is 17.3. The normalized spacial score (nSPS) is 20.2. The van der Waals surface area contributed by atoms with Gasteiger partial charge in [-0.3, -0.25) is 4.79 Å². The smallest absolute Gasteiger partial charge is 0.230 e. The second-order valence-electron chi connectivity index (χ2n) is 6.76. The van der Waals surface area contributed by atoms with Gasteiger partial charge in [0.15, 0.2) is 5.13 Å². The molecule has 0 aromatic carbocycles. The summed E-state index contributed by atoms with van der Waals surface area (Å²) in [6, 6.07) is 1.82. The van der Waals surface area contributed by atoms with Gasteiger partial charge in [-0.1, -0.05) is 5.16 Å². The molecule has 25 heavy (non-hydrogen) atoms. The Bertz CT molecular complexity index is 722. The summed E-state index contributed by atoms with van der Waals surface area (Å²) in [5, 5.41) is 6.90. The average molecular weight is 362 g/mol. The lowest BCUT2D eigenvalue weighted by Gasteiger charge is -2.47. The van der Waals surface area contributed by atoms with Crippen molar-refractivity contribution in [2.75, 3.05) is 37.7 Å². The molecule has 0 N–H and O–H groups in total. The van der Waals surface area contributed by atoms with Crippen LogP contribution in [0.3, 0.4) is 0 Å². The molecule has 2 aromatic heterocycles. The Labute approximate surface area is 150 Å². The highest BCUT2D eigenvalue weighted by Crippen LogP contribution is 2.33. The number of aryl methyl sites for hydroxylation is 1. The Balaban J connectivity index is 1.35. The van der Waals surface area contributed by atoms with Gasteiger partial charge in [-0.25, -0.2) is 4.98 Å². The SMILES string of the molecule is Cc1cc(CC(=O)N2CCC3(CC2)CN(c2nccs2)CCO3)on1. The molecule has 134 valence electrons. The highest BCUT2D eigenvalue weighted by Gasteiger charge is 2.41. The summed E-state index contributed by atoms with van der Waals surface area (Å²) >= 11 is 1.66. The van der Waals surface area contributed by atoms with Gasteiger partial charge < -0.3 is 19.1 Å². The molecule has 4 rings (SSSR count). The van der Waals surface area contributed by atoms with Crippen LogP contribution in [0.5, 0.6) is 0 Å². The third kappa shape index (κ3) is 3.55. The van der Waals surface area contributed by atoms with Crippen molar-refractivity contribution < 1.29 is 14.1 Å². The van der Waals surface area contributed by atoms with E-state index in [9.17, 15) is 4.79 Å². The number of piperidine rings is 1. The van der Waals surface area contributed by atoms with E-state index in [1.165, 1.54) is 0 Å². The van der Waals surface area contributed by atoms with Crippen molar-refractivity contribution in [3.63, 3.8) is 0 Å². The van der Waals surface area contributed by atoms with Gasteiger partial charge in [0.1, 0.15) is 5.76 Å². The number of likely N-dealkylation sites (tertiary alicyclic amines) is 1. The molecule has 0 unspecified atom stereocenters. The first-order valence-corrected chi connectivity index (χ1v) is 9.50. The first-order valence-electron chi connectivity index (χ1n) is 8.62. The molecular weight excluding hydrogens is 340 g/mol. The number of hydrogen-bond donors (Lipinski definition) is 0. The van der Waals surface area contributed by atoms with E-state index in [-0.39, 0.29) is 17.9 Å². The Morgan fingerprint density at radius 3 is 2.88 bits per heavy atom. The molecule has 0 radical (unpaired) electrons. The number of carbonyl (C=O) groups is 1. The molecule has 0 bridgehead atoms. The Hall–Kier alpha value is -1.93. The second kappa shape index (κ2) is 6.76. The summed E-state index contributed by atoms with van der Waals surface area (Å²) in [4.78, 5) is 21.1. The predicted octanol–water partition coefficient (Wildman–Crippen LogP) is 1.88. The monoisotopic (exact) mass is 362 g/mol. The van der Waals surface area contributed by atoms with Crippen LogP contribution in [-0.4, -0.2) is 59.3 Å². The van der Waals surface area contributed by atoms with Crippen LogP contribution < -0.4 is 4.90 Å². The molecule has 2 aliphatic heterocycles. The van der Waals surface area contributed by atoms with Crippen molar-refractivity contribution in [1.29, 1.82) is 0 Å². The van der Waals surface area contributed by atoms with Crippen LogP contribution in [-0.2, 0) is 16.0 Å². The molecule has 8 heteroatoms. The molecule has 7 nitrogen and oxygen atoms in total. The quantitative estimate of drug-likeness (QED) is 0.830. The van der Waals surface area contributed by atoms with E-state index < -0.39 is 0 Å². The lowest BCUT2D eigenvalue weighted by molar-refractivity contribution is -0.138. The van der Waals surface area contributed by atoms with Gasteiger partial charge >= 0.3 is 0 Å². The zero-order valence-electron chi connectivity index (χ0n) is 14.3.